The number of halogens is 1. The summed E-state index contributed by atoms with van der Waals surface area (Å²) < 4.78 is 27.1. The first kappa shape index (κ1) is 16.1. The Morgan fingerprint density at radius 3 is 2.90 bits per heavy atom. The van der Waals surface area contributed by atoms with Gasteiger partial charge in [0.1, 0.15) is 0 Å². The van der Waals surface area contributed by atoms with Crippen LogP contribution in [-0.4, -0.2) is 34.3 Å². The van der Waals surface area contributed by atoms with Crippen LogP contribution in [0, 0.1) is 5.92 Å². The molecule has 1 aromatic rings. The largest absolute Gasteiger partial charge is 0.316 e. The van der Waals surface area contributed by atoms with Gasteiger partial charge in [0.2, 0.25) is 10.0 Å². The van der Waals surface area contributed by atoms with Crippen molar-refractivity contribution in [2.24, 2.45) is 5.92 Å². The number of piperidine rings is 1. The first-order chi connectivity index (χ1) is 9.53. The zero-order chi connectivity index (χ0) is 14.6. The molecular weight excluding hydrogens is 316 g/mol. The van der Waals surface area contributed by atoms with E-state index in [1.165, 1.54) is 17.8 Å². The smallest absolute Gasteiger partial charge is 0.240 e. The van der Waals surface area contributed by atoms with Crippen LogP contribution in [0.25, 0.3) is 0 Å². The number of thioether (sulfide) groups is 1. The van der Waals surface area contributed by atoms with Gasteiger partial charge in [-0.05, 0) is 56.3 Å². The Morgan fingerprint density at radius 1 is 1.50 bits per heavy atom. The van der Waals surface area contributed by atoms with E-state index >= 15 is 0 Å². The molecule has 1 aliphatic rings. The molecule has 0 bridgehead atoms. The SMILES string of the molecule is CSc1ccc(S(=O)(=O)NCC2CCCNC2)cc1Cl. The first-order valence-electron chi connectivity index (χ1n) is 6.57. The number of benzene rings is 1. The molecule has 0 aromatic heterocycles. The fourth-order valence-corrected chi connectivity index (χ4v) is 4.30. The lowest BCUT2D eigenvalue weighted by Crippen LogP contribution is -2.38. The van der Waals surface area contributed by atoms with Crippen molar-refractivity contribution in [3.05, 3.63) is 23.2 Å². The van der Waals surface area contributed by atoms with Gasteiger partial charge in [0.15, 0.2) is 0 Å². The molecule has 0 saturated carbocycles. The molecule has 1 heterocycles. The summed E-state index contributed by atoms with van der Waals surface area (Å²) in [4.78, 5) is 1.10. The van der Waals surface area contributed by atoms with Crippen LogP contribution in [0.4, 0.5) is 0 Å². The monoisotopic (exact) mass is 334 g/mol. The number of rotatable bonds is 5. The van der Waals surface area contributed by atoms with Crippen LogP contribution in [0.15, 0.2) is 28.0 Å². The van der Waals surface area contributed by atoms with E-state index in [-0.39, 0.29) is 4.90 Å². The summed E-state index contributed by atoms with van der Waals surface area (Å²) in [5.74, 6) is 0.361. The van der Waals surface area contributed by atoms with Gasteiger partial charge >= 0.3 is 0 Å². The maximum Gasteiger partial charge on any atom is 0.240 e. The summed E-state index contributed by atoms with van der Waals surface area (Å²) in [5, 5.41) is 3.75. The molecule has 1 fully saturated rings. The van der Waals surface area contributed by atoms with E-state index in [2.05, 4.69) is 10.0 Å². The normalized spacial score (nSPS) is 20.0. The van der Waals surface area contributed by atoms with E-state index in [1.807, 2.05) is 6.26 Å². The third-order valence-corrected chi connectivity index (χ3v) is 6.04. The van der Waals surface area contributed by atoms with Crippen molar-refractivity contribution >= 4 is 33.4 Å². The van der Waals surface area contributed by atoms with Crippen molar-refractivity contribution in [1.82, 2.24) is 10.0 Å². The second-order valence-electron chi connectivity index (χ2n) is 4.86. The van der Waals surface area contributed by atoms with Gasteiger partial charge in [-0.15, -0.1) is 11.8 Å². The zero-order valence-corrected chi connectivity index (χ0v) is 13.7. The molecule has 1 aliphatic heterocycles. The summed E-state index contributed by atoms with van der Waals surface area (Å²) in [6, 6.07) is 4.84. The van der Waals surface area contributed by atoms with Crippen LogP contribution in [0.1, 0.15) is 12.8 Å². The van der Waals surface area contributed by atoms with E-state index < -0.39 is 10.0 Å². The third-order valence-electron chi connectivity index (χ3n) is 3.39. The Hall–Kier alpha value is -0.270. The predicted octanol–water partition coefficient (Wildman–Crippen LogP) is 2.34. The fraction of sp³-hybridized carbons (Fsp3) is 0.538. The Balaban J connectivity index is 2.04. The lowest BCUT2D eigenvalue weighted by Gasteiger charge is -2.22. The molecular formula is C13H19ClN2O2S2. The average molecular weight is 335 g/mol. The van der Waals surface area contributed by atoms with Gasteiger partial charge in [0.25, 0.3) is 0 Å². The molecule has 0 amide bonds. The van der Waals surface area contributed by atoms with E-state index in [0.29, 0.717) is 17.5 Å². The summed E-state index contributed by atoms with van der Waals surface area (Å²) in [6.07, 6.45) is 4.06. The standard InChI is InChI=1S/C13H19ClN2O2S2/c1-19-13-5-4-11(7-12(13)14)20(17,18)16-9-10-3-2-6-15-8-10/h4-5,7,10,15-16H,2-3,6,8-9H2,1H3. The van der Waals surface area contributed by atoms with Crippen LogP contribution >= 0.6 is 23.4 Å². The number of hydrogen-bond acceptors (Lipinski definition) is 4. The minimum Gasteiger partial charge on any atom is -0.316 e. The highest BCUT2D eigenvalue weighted by atomic mass is 35.5. The number of sulfonamides is 1. The van der Waals surface area contributed by atoms with E-state index in [4.69, 9.17) is 11.6 Å². The van der Waals surface area contributed by atoms with Gasteiger partial charge in [-0.25, -0.2) is 13.1 Å². The van der Waals surface area contributed by atoms with Crippen molar-refractivity contribution in [3.63, 3.8) is 0 Å². The highest BCUT2D eigenvalue weighted by molar-refractivity contribution is 7.98. The van der Waals surface area contributed by atoms with E-state index in [1.54, 1.807) is 12.1 Å². The number of nitrogens with one attached hydrogen (secondary N) is 2. The summed E-state index contributed by atoms with van der Waals surface area (Å²) >= 11 is 7.56. The second-order valence-corrected chi connectivity index (χ2v) is 7.88. The Morgan fingerprint density at radius 2 is 2.30 bits per heavy atom. The van der Waals surface area contributed by atoms with E-state index in [0.717, 1.165) is 30.8 Å². The van der Waals surface area contributed by atoms with Crippen molar-refractivity contribution in [2.45, 2.75) is 22.6 Å². The van der Waals surface area contributed by atoms with Gasteiger partial charge in [0, 0.05) is 11.4 Å². The molecule has 2 rings (SSSR count). The van der Waals surface area contributed by atoms with E-state index in [9.17, 15) is 8.42 Å². The molecule has 1 unspecified atom stereocenters. The maximum atomic E-state index is 12.2. The van der Waals surface area contributed by atoms with Crippen LogP contribution in [0.5, 0.6) is 0 Å². The Kier molecular flexibility index (Phi) is 5.74. The van der Waals surface area contributed by atoms with Gasteiger partial charge in [-0.3, -0.25) is 0 Å². The summed E-state index contributed by atoms with van der Waals surface area (Å²) in [5.41, 5.74) is 0. The van der Waals surface area contributed by atoms with Gasteiger partial charge < -0.3 is 5.32 Å². The molecule has 2 N–H and O–H groups in total. The second kappa shape index (κ2) is 7.13. The third kappa shape index (κ3) is 4.11. The van der Waals surface area contributed by atoms with Gasteiger partial charge in [-0.2, -0.15) is 0 Å². The summed E-state index contributed by atoms with van der Waals surface area (Å²) in [7, 11) is -3.48. The Bertz CT molecular complexity index is 557. The van der Waals surface area contributed by atoms with Crippen LogP contribution in [-0.2, 0) is 10.0 Å². The van der Waals surface area contributed by atoms with Crippen molar-refractivity contribution in [2.75, 3.05) is 25.9 Å². The molecule has 0 spiro atoms. The topological polar surface area (TPSA) is 58.2 Å². The van der Waals surface area contributed by atoms with Crippen molar-refractivity contribution < 1.29 is 8.42 Å². The molecule has 0 aliphatic carbocycles. The van der Waals surface area contributed by atoms with Crippen LogP contribution < -0.4 is 10.0 Å². The molecule has 0 radical (unpaired) electrons. The van der Waals surface area contributed by atoms with Crippen molar-refractivity contribution in [1.29, 1.82) is 0 Å². The van der Waals surface area contributed by atoms with Crippen molar-refractivity contribution in [3.8, 4) is 0 Å². The van der Waals surface area contributed by atoms with Gasteiger partial charge in [0.05, 0.1) is 9.92 Å². The lowest BCUT2D eigenvalue weighted by atomic mass is 10.0. The molecule has 4 nitrogen and oxygen atoms in total. The Labute approximate surface area is 129 Å². The molecule has 1 atom stereocenters. The molecule has 1 aromatic carbocycles. The molecule has 7 heteroatoms. The highest BCUT2D eigenvalue weighted by Gasteiger charge is 2.19. The summed E-state index contributed by atoms with van der Waals surface area (Å²) in [6.45, 7) is 2.36. The quantitative estimate of drug-likeness (QED) is 0.811. The fourth-order valence-electron chi connectivity index (χ4n) is 2.22. The zero-order valence-electron chi connectivity index (χ0n) is 11.4. The van der Waals surface area contributed by atoms with Gasteiger partial charge in [-0.1, -0.05) is 11.6 Å². The van der Waals surface area contributed by atoms with Crippen LogP contribution in [0.2, 0.25) is 5.02 Å². The highest BCUT2D eigenvalue weighted by Crippen LogP contribution is 2.27. The predicted molar refractivity (Wildman–Crippen MR) is 84.0 cm³/mol. The maximum absolute atomic E-state index is 12.2. The molecule has 112 valence electrons. The lowest BCUT2D eigenvalue weighted by molar-refractivity contribution is 0.376. The molecule has 1 saturated heterocycles. The number of hydrogen-bond donors (Lipinski definition) is 2. The minimum atomic E-state index is -3.48. The minimum absolute atomic E-state index is 0.226. The van der Waals surface area contributed by atoms with Crippen LogP contribution in [0.3, 0.4) is 0 Å². The first-order valence-corrected chi connectivity index (χ1v) is 9.65. The molecule has 20 heavy (non-hydrogen) atoms. The average Bonchev–Trinajstić information content (AvgIpc) is 2.46.